The molecule has 2 unspecified atom stereocenters. The molecule has 7 heteroatoms. The third-order valence-electron chi connectivity index (χ3n) is 4.87. The van der Waals surface area contributed by atoms with Crippen LogP contribution in [-0.4, -0.2) is 66.6 Å². The minimum Gasteiger partial charge on any atom is -0.481 e. The number of urea groups is 1. The summed E-state index contributed by atoms with van der Waals surface area (Å²) in [4.78, 5) is 25.2. The lowest BCUT2D eigenvalue weighted by atomic mass is 9.89. The number of aliphatic hydroxyl groups is 1. The van der Waals surface area contributed by atoms with Crippen LogP contribution in [0.4, 0.5) is 4.79 Å². The Morgan fingerprint density at radius 3 is 2.69 bits per heavy atom. The summed E-state index contributed by atoms with van der Waals surface area (Å²) in [7, 11) is 1.59. The number of nitrogens with zero attached hydrogens (tertiary/aromatic N) is 1. The molecule has 0 bridgehead atoms. The minimum atomic E-state index is -0.877. The van der Waals surface area contributed by atoms with E-state index in [0.717, 1.165) is 5.56 Å². The number of amides is 2. The first-order valence-electron chi connectivity index (χ1n) is 8.89. The Bertz CT molecular complexity index is 595. The van der Waals surface area contributed by atoms with Gasteiger partial charge in [-0.05, 0) is 24.8 Å². The number of methoxy groups -OCH3 is 1. The number of carbonyl (C=O) groups is 2. The zero-order chi connectivity index (χ0) is 19.0. The van der Waals surface area contributed by atoms with Gasteiger partial charge in [0.1, 0.15) is 0 Å². The van der Waals surface area contributed by atoms with Crippen molar-refractivity contribution in [2.24, 2.45) is 5.41 Å². The van der Waals surface area contributed by atoms with Gasteiger partial charge in [0.15, 0.2) is 0 Å². The van der Waals surface area contributed by atoms with Gasteiger partial charge in [0.25, 0.3) is 0 Å². The molecule has 1 fully saturated rings. The van der Waals surface area contributed by atoms with E-state index in [2.05, 4.69) is 5.32 Å². The highest BCUT2D eigenvalue weighted by Crippen LogP contribution is 2.30. The predicted octanol–water partition coefficient (Wildman–Crippen LogP) is 1.50. The van der Waals surface area contributed by atoms with Crippen LogP contribution in [0.5, 0.6) is 0 Å². The third-order valence-corrected chi connectivity index (χ3v) is 4.87. The molecule has 2 rings (SSSR count). The number of carboxylic acids is 1. The molecule has 0 saturated carbocycles. The maximum Gasteiger partial charge on any atom is 0.317 e. The van der Waals surface area contributed by atoms with Crippen LogP contribution in [0.1, 0.15) is 24.8 Å². The van der Waals surface area contributed by atoms with Crippen LogP contribution in [-0.2, 0) is 16.0 Å². The van der Waals surface area contributed by atoms with Crippen LogP contribution in [0, 0.1) is 5.41 Å². The second-order valence-electron chi connectivity index (χ2n) is 7.03. The standard InChI is InChI=1S/C19H28N2O5/c1-26-14-19(13-22)9-10-21(12-19)18(25)20-16(7-8-17(23)24)11-15-5-3-2-4-6-15/h2-6,16,22H,7-14H2,1H3,(H,20,25)(H,23,24). The fraction of sp³-hybridized carbons (Fsp3) is 0.579. The number of rotatable bonds is 9. The summed E-state index contributed by atoms with van der Waals surface area (Å²) in [6, 6.07) is 9.22. The Morgan fingerprint density at radius 2 is 2.08 bits per heavy atom. The monoisotopic (exact) mass is 364 g/mol. The highest BCUT2D eigenvalue weighted by Gasteiger charge is 2.40. The van der Waals surface area contributed by atoms with Gasteiger partial charge in [-0.3, -0.25) is 4.79 Å². The van der Waals surface area contributed by atoms with Gasteiger partial charge in [0.2, 0.25) is 0 Å². The van der Waals surface area contributed by atoms with Crippen LogP contribution < -0.4 is 5.32 Å². The normalized spacial score (nSPS) is 20.8. The summed E-state index contributed by atoms with van der Waals surface area (Å²) in [5, 5.41) is 21.6. The minimum absolute atomic E-state index is 0.00202. The lowest BCUT2D eigenvalue weighted by Gasteiger charge is -2.27. The van der Waals surface area contributed by atoms with Gasteiger partial charge in [-0.15, -0.1) is 0 Å². The van der Waals surface area contributed by atoms with E-state index in [4.69, 9.17) is 9.84 Å². The van der Waals surface area contributed by atoms with Crippen LogP contribution >= 0.6 is 0 Å². The molecular weight excluding hydrogens is 336 g/mol. The highest BCUT2D eigenvalue weighted by atomic mass is 16.5. The molecule has 7 nitrogen and oxygen atoms in total. The number of carbonyl (C=O) groups excluding carboxylic acids is 1. The van der Waals surface area contributed by atoms with Crippen molar-refractivity contribution in [2.45, 2.75) is 31.7 Å². The lowest BCUT2D eigenvalue weighted by molar-refractivity contribution is -0.137. The fourth-order valence-electron chi connectivity index (χ4n) is 3.39. The van der Waals surface area contributed by atoms with E-state index in [1.165, 1.54) is 0 Å². The van der Waals surface area contributed by atoms with Crippen molar-refractivity contribution in [3.05, 3.63) is 35.9 Å². The van der Waals surface area contributed by atoms with E-state index in [1.807, 2.05) is 30.3 Å². The predicted molar refractivity (Wildman–Crippen MR) is 96.9 cm³/mol. The summed E-state index contributed by atoms with van der Waals surface area (Å²) >= 11 is 0. The molecule has 2 atom stereocenters. The SMILES string of the molecule is COCC1(CO)CCN(C(=O)NC(CCC(=O)O)Cc2ccccc2)C1. The molecule has 0 aromatic heterocycles. The van der Waals surface area contributed by atoms with Gasteiger partial charge in [-0.2, -0.15) is 0 Å². The first-order chi connectivity index (χ1) is 12.5. The molecule has 1 saturated heterocycles. The summed E-state index contributed by atoms with van der Waals surface area (Å²) in [5.74, 6) is -0.877. The van der Waals surface area contributed by atoms with Crippen molar-refractivity contribution in [2.75, 3.05) is 33.4 Å². The average Bonchev–Trinajstić information content (AvgIpc) is 3.06. The average molecular weight is 364 g/mol. The van der Waals surface area contributed by atoms with Crippen molar-refractivity contribution < 1.29 is 24.5 Å². The van der Waals surface area contributed by atoms with Gasteiger partial charge >= 0.3 is 12.0 Å². The molecule has 26 heavy (non-hydrogen) atoms. The molecule has 0 spiro atoms. The number of aliphatic carboxylic acids is 1. The van der Waals surface area contributed by atoms with E-state index < -0.39 is 11.4 Å². The summed E-state index contributed by atoms with van der Waals surface area (Å²) in [5.41, 5.74) is 0.635. The Morgan fingerprint density at radius 1 is 1.35 bits per heavy atom. The number of ether oxygens (including phenoxy) is 1. The van der Waals surface area contributed by atoms with Gasteiger partial charge in [-0.25, -0.2) is 4.79 Å². The van der Waals surface area contributed by atoms with Crippen LogP contribution in [0.15, 0.2) is 30.3 Å². The maximum absolute atomic E-state index is 12.6. The van der Waals surface area contributed by atoms with Crippen LogP contribution in [0.2, 0.25) is 0 Å². The molecule has 2 amide bonds. The Hall–Kier alpha value is -2.12. The summed E-state index contributed by atoms with van der Waals surface area (Å²) in [6.45, 7) is 1.35. The van der Waals surface area contributed by atoms with Crippen molar-refractivity contribution in [3.8, 4) is 0 Å². The van der Waals surface area contributed by atoms with E-state index >= 15 is 0 Å². The van der Waals surface area contributed by atoms with Crippen molar-refractivity contribution >= 4 is 12.0 Å². The van der Waals surface area contributed by atoms with Crippen molar-refractivity contribution in [1.29, 1.82) is 0 Å². The van der Waals surface area contributed by atoms with Gasteiger partial charge < -0.3 is 25.2 Å². The van der Waals surface area contributed by atoms with Gasteiger partial charge in [0.05, 0.1) is 13.2 Å². The number of carboxylic acid groups (broad SMARTS) is 1. The smallest absolute Gasteiger partial charge is 0.317 e. The highest BCUT2D eigenvalue weighted by molar-refractivity contribution is 5.75. The molecule has 0 radical (unpaired) electrons. The van der Waals surface area contributed by atoms with E-state index in [-0.39, 0.29) is 25.1 Å². The molecule has 144 valence electrons. The maximum atomic E-state index is 12.6. The van der Waals surface area contributed by atoms with Crippen molar-refractivity contribution in [3.63, 3.8) is 0 Å². The molecule has 1 heterocycles. The molecule has 0 aliphatic carbocycles. The number of nitrogens with one attached hydrogen (secondary N) is 1. The number of aliphatic hydroxyl groups excluding tert-OH is 1. The topological polar surface area (TPSA) is 99.1 Å². The van der Waals surface area contributed by atoms with Crippen molar-refractivity contribution in [1.82, 2.24) is 10.2 Å². The first kappa shape index (κ1) is 20.2. The van der Waals surface area contributed by atoms with Gasteiger partial charge in [0, 0.05) is 38.1 Å². The molecule has 3 N–H and O–H groups in total. The molecule has 1 aromatic carbocycles. The largest absolute Gasteiger partial charge is 0.481 e. The Kier molecular flexibility index (Phi) is 7.41. The van der Waals surface area contributed by atoms with E-state index in [1.54, 1.807) is 12.0 Å². The first-order valence-corrected chi connectivity index (χ1v) is 8.89. The second-order valence-corrected chi connectivity index (χ2v) is 7.03. The van der Waals surface area contributed by atoms with E-state index in [9.17, 15) is 14.7 Å². The molecular formula is C19H28N2O5. The summed E-state index contributed by atoms with van der Waals surface area (Å²) in [6.07, 6.45) is 1.63. The zero-order valence-electron chi connectivity index (χ0n) is 15.2. The summed E-state index contributed by atoms with van der Waals surface area (Å²) < 4.78 is 5.19. The number of hydrogen-bond acceptors (Lipinski definition) is 4. The quantitative estimate of drug-likeness (QED) is 0.617. The molecule has 1 aromatic rings. The molecule has 1 aliphatic heterocycles. The number of benzene rings is 1. The zero-order valence-corrected chi connectivity index (χ0v) is 15.2. The fourth-order valence-corrected chi connectivity index (χ4v) is 3.39. The second kappa shape index (κ2) is 9.54. The van der Waals surface area contributed by atoms with Crippen LogP contribution in [0.25, 0.3) is 0 Å². The lowest BCUT2D eigenvalue weighted by Crippen LogP contribution is -2.46. The number of hydrogen-bond donors (Lipinski definition) is 3. The van der Waals surface area contributed by atoms with Gasteiger partial charge in [-0.1, -0.05) is 30.3 Å². The molecule has 1 aliphatic rings. The van der Waals surface area contributed by atoms with Crippen LogP contribution in [0.3, 0.4) is 0 Å². The third kappa shape index (κ3) is 5.71. The van der Waals surface area contributed by atoms with E-state index in [0.29, 0.717) is 39.0 Å². The number of likely N-dealkylation sites (tertiary alicyclic amines) is 1. The Balaban J connectivity index is 1.98. The Labute approximate surface area is 154 Å².